The van der Waals surface area contributed by atoms with Gasteiger partial charge in [0.2, 0.25) is 5.91 Å². The molecule has 9 heteroatoms. The van der Waals surface area contributed by atoms with Gasteiger partial charge in [0, 0.05) is 10.6 Å². The Morgan fingerprint density at radius 1 is 1.12 bits per heavy atom. The maximum absolute atomic E-state index is 12.1. The summed E-state index contributed by atoms with van der Waals surface area (Å²) in [4.78, 5) is 24.3. The standard InChI is InChI=1S/C16H18N2O5S2/c1-3-23-16(20)12-5-7-13(8-6-12)18-14(19)10-17-25(21,22)15-9-4-11(2)24-15/h4-9,17H,3,10H2,1-2H3,(H,18,19). The minimum Gasteiger partial charge on any atom is -0.462 e. The van der Waals surface area contributed by atoms with E-state index >= 15 is 0 Å². The van der Waals surface area contributed by atoms with Crippen LogP contribution in [0.4, 0.5) is 5.69 Å². The molecule has 1 aromatic heterocycles. The number of hydrogen-bond acceptors (Lipinski definition) is 6. The van der Waals surface area contributed by atoms with Crippen LogP contribution in [0.5, 0.6) is 0 Å². The minimum atomic E-state index is -3.70. The maximum atomic E-state index is 12.1. The first-order chi connectivity index (χ1) is 11.8. The normalized spacial score (nSPS) is 11.1. The second-order valence-electron chi connectivity index (χ2n) is 5.04. The summed E-state index contributed by atoms with van der Waals surface area (Å²) in [6.07, 6.45) is 0. The fraction of sp³-hybridized carbons (Fsp3) is 0.250. The molecular formula is C16H18N2O5S2. The summed E-state index contributed by atoms with van der Waals surface area (Å²) in [6, 6.07) is 9.32. The van der Waals surface area contributed by atoms with E-state index in [9.17, 15) is 18.0 Å². The van der Waals surface area contributed by atoms with Crippen LogP contribution in [0.15, 0.2) is 40.6 Å². The van der Waals surface area contributed by atoms with E-state index in [2.05, 4.69) is 10.0 Å². The van der Waals surface area contributed by atoms with Crippen LogP contribution in [0.1, 0.15) is 22.2 Å². The van der Waals surface area contributed by atoms with Crippen molar-refractivity contribution in [2.24, 2.45) is 0 Å². The molecule has 1 aromatic carbocycles. The zero-order chi connectivity index (χ0) is 18.4. The lowest BCUT2D eigenvalue weighted by molar-refractivity contribution is -0.115. The van der Waals surface area contributed by atoms with Crippen LogP contribution in [-0.2, 0) is 19.6 Å². The van der Waals surface area contributed by atoms with E-state index < -0.39 is 21.9 Å². The van der Waals surface area contributed by atoms with Gasteiger partial charge in [0.15, 0.2) is 0 Å². The van der Waals surface area contributed by atoms with Crippen molar-refractivity contribution in [3.63, 3.8) is 0 Å². The fourth-order valence-corrected chi connectivity index (χ4v) is 4.21. The number of ether oxygens (including phenoxy) is 1. The quantitative estimate of drug-likeness (QED) is 0.715. The van der Waals surface area contributed by atoms with E-state index in [1.54, 1.807) is 32.0 Å². The van der Waals surface area contributed by atoms with Gasteiger partial charge in [-0.05, 0) is 50.2 Å². The van der Waals surface area contributed by atoms with Gasteiger partial charge in [-0.15, -0.1) is 11.3 Å². The highest BCUT2D eigenvalue weighted by molar-refractivity contribution is 7.91. The summed E-state index contributed by atoms with van der Waals surface area (Å²) in [7, 11) is -3.70. The molecule has 1 heterocycles. The highest BCUT2D eigenvalue weighted by Gasteiger charge is 2.17. The fourth-order valence-electron chi connectivity index (χ4n) is 1.90. The summed E-state index contributed by atoms with van der Waals surface area (Å²) in [5, 5.41) is 2.55. The number of amides is 1. The van der Waals surface area contributed by atoms with Crippen LogP contribution in [0.25, 0.3) is 0 Å². The number of aryl methyl sites for hydroxylation is 1. The number of esters is 1. The monoisotopic (exact) mass is 382 g/mol. The van der Waals surface area contributed by atoms with Crippen molar-refractivity contribution in [3.8, 4) is 0 Å². The number of benzene rings is 1. The van der Waals surface area contributed by atoms with Crippen LogP contribution < -0.4 is 10.0 Å². The molecule has 7 nitrogen and oxygen atoms in total. The van der Waals surface area contributed by atoms with Crippen LogP contribution in [0, 0.1) is 6.92 Å². The molecule has 0 unspecified atom stereocenters. The van der Waals surface area contributed by atoms with E-state index in [-0.39, 0.29) is 17.4 Å². The first-order valence-corrected chi connectivity index (χ1v) is 9.75. The first kappa shape index (κ1) is 19.1. The maximum Gasteiger partial charge on any atom is 0.338 e. The molecule has 25 heavy (non-hydrogen) atoms. The van der Waals surface area contributed by atoms with Crippen LogP contribution in [0.2, 0.25) is 0 Å². The molecule has 1 amide bonds. The van der Waals surface area contributed by atoms with Gasteiger partial charge in [-0.2, -0.15) is 0 Å². The number of thiophene rings is 1. The van der Waals surface area contributed by atoms with Gasteiger partial charge in [-0.1, -0.05) is 0 Å². The van der Waals surface area contributed by atoms with Crippen molar-refractivity contribution < 1.29 is 22.7 Å². The number of carbonyl (C=O) groups excluding carboxylic acids is 2. The molecule has 0 bridgehead atoms. The van der Waals surface area contributed by atoms with E-state index in [1.807, 2.05) is 0 Å². The van der Waals surface area contributed by atoms with Crippen LogP contribution >= 0.6 is 11.3 Å². The van der Waals surface area contributed by atoms with Gasteiger partial charge < -0.3 is 10.1 Å². The molecule has 0 spiro atoms. The third-order valence-electron chi connectivity index (χ3n) is 3.08. The van der Waals surface area contributed by atoms with Gasteiger partial charge in [0.1, 0.15) is 4.21 Å². The molecule has 2 aromatic rings. The molecule has 2 N–H and O–H groups in total. The van der Waals surface area contributed by atoms with Crippen LogP contribution in [0.3, 0.4) is 0 Å². The third kappa shape index (κ3) is 5.38. The molecular weight excluding hydrogens is 364 g/mol. The number of anilines is 1. The van der Waals surface area contributed by atoms with Gasteiger partial charge in [0.25, 0.3) is 10.0 Å². The lowest BCUT2D eigenvalue weighted by Crippen LogP contribution is -2.32. The van der Waals surface area contributed by atoms with Gasteiger partial charge in [-0.3, -0.25) is 4.79 Å². The zero-order valence-corrected chi connectivity index (χ0v) is 15.4. The predicted molar refractivity (Wildman–Crippen MR) is 95.3 cm³/mol. The number of rotatable bonds is 7. The molecule has 0 aliphatic rings. The third-order valence-corrected chi connectivity index (χ3v) is 5.98. The Morgan fingerprint density at radius 3 is 2.36 bits per heavy atom. The summed E-state index contributed by atoms with van der Waals surface area (Å²) in [5.41, 5.74) is 0.817. The second-order valence-corrected chi connectivity index (χ2v) is 8.32. The topological polar surface area (TPSA) is 102 Å². The molecule has 134 valence electrons. The van der Waals surface area contributed by atoms with Crippen molar-refractivity contribution in [3.05, 3.63) is 46.8 Å². The average molecular weight is 382 g/mol. The molecule has 0 atom stereocenters. The van der Waals surface area contributed by atoms with Gasteiger partial charge in [0.05, 0.1) is 18.7 Å². The summed E-state index contributed by atoms with van der Waals surface area (Å²) in [6.45, 7) is 3.40. The largest absolute Gasteiger partial charge is 0.462 e. The van der Waals surface area contributed by atoms with E-state index in [0.717, 1.165) is 16.2 Å². The van der Waals surface area contributed by atoms with Crippen molar-refractivity contribution in [2.75, 3.05) is 18.5 Å². The van der Waals surface area contributed by atoms with E-state index in [0.29, 0.717) is 11.3 Å². The molecule has 2 rings (SSSR count). The average Bonchev–Trinajstić information content (AvgIpc) is 3.01. The van der Waals surface area contributed by atoms with Crippen LogP contribution in [-0.4, -0.2) is 33.4 Å². The smallest absolute Gasteiger partial charge is 0.338 e. The number of sulfonamides is 1. The highest BCUT2D eigenvalue weighted by Crippen LogP contribution is 2.20. The lowest BCUT2D eigenvalue weighted by Gasteiger charge is -2.07. The Balaban J connectivity index is 1.91. The van der Waals surface area contributed by atoms with Crippen molar-refractivity contribution in [2.45, 2.75) is 18.1 Å². The Kier molecular flexibility index (Phi) is 6.29. The Hall–Kier alpha value is -2.23. The second kappa shape index (κ2) is 8.24. The summed E-state index contributed by atoms with van der Waals surface area (Å²) < 4.78 is 31.4. The molecule has 0 saturated heterocycles. The van der Waals surface area contributed by atoms with Crippen molar-refractivity contribution >= 4 is 38.9 Å². The Labute approximate surface area is 150 Å². The number of hydrogen-bond donors (Lipinski definition) is 2. The summed E-state index contributed by atoms with van der Waals surface area (Å²) in [5.74, 6) is -0.958. The van der Waals surface area contributed by atoms with Gasteiger partial charge >= 0.3 is 5.97 Å². The Bertz CT molecular complexity index is 857. The molecule has 0 radical (unpaired) electrons. The zero-order valence-electron chi connectivity index (χ0n) is 13.7. The number of carbonyl (C=O) groups is 2. The SMILES string of the molecule is CCOC(=O)c1ccc(NC(=O)CNS(=O)(=O)c2ccc(C)s2)cc1. The van der Waals surface area contributed by atoms with Crippen molar-refractivity contribution in [1.82, 2.24) is 4.72 Å². The van der Waals surface area contributed by atoms with E-state index in [1.165, 1.54) is 18.2 Å². The molecule has 0 saturated carbocycles. The molecule has 0 aliphatic carbocycles. The lowest BCUT2D eigenvalue weighted by atomic mass is 10.2. The molecule has 0 fully saturated rings. The molecule has 0 aliphatic heterocycles. The first-order valence-electron chi connectivity index (χ1n) is 7.45. The minimum absolute atomic E-state index is 0.164. The van der Waals surface area contributed by atoms with Crippen molar-refractivity contribution in [1.29, 1.82) is 0 Å². The predicted octanol–water partition coefficient (Wildman–Crippen LogP) is 2.15. The Morgan fingerprint density at radius 2 is 1.80 bits per heavy atom. The number of nitrogens with one attached hydrogen (secondary N) is 2. The highest BCUT2D eigenvalue weighted by atomic mass is 32.2. The van der Waals surface area contributed by atoms with Gasteiger partial charge in [-0.25, -0.2) is 17.9 Å². The summed E-state index contributed by atoms with van der Waals surface area (Å²) >= 11 is 1.13. The van der Waals surface area contributed by atoms with E-state index in [4.69, 9.17) is 4.74 Å².